The third-order valence-electron chi connectivity index (χ3n) is 5.00. The van der Waals surface area contributed by atoms with Gasteiger partial charge in [0.05, 0.1) is 6.61 Å². The molecular formula is C19H28N2O2. The molecule has 1 amide bonds. The average molecular weight is 316 g/mol. The van der Waals surface area contributed by atoms with Gasteiger partial charge in [-0.05, 0) is 30.7 Å². The van der Waals surface area contributed by atoms with Crippen LogP contribution in [0.4, 0.5) is 0 Å². The van der Waals surface area contributed by atoms with Gasteiger partial charge >= 0.3 is 0 Å². The van der Waals surface area contributed by atoms with Crippen molar-refractivity contribution in [3.05, 3.63) is 35.9 Å². The number of hydrogen-bond acceptors (Lipinski definition) is 3. The molecule has 0 radical (unpaired) electrons. The van der Waals surface area contributed by atoms with Gasteiger partial charge in [0, 0.05) is 32.7 Å². The number of carbonyl (C=O) groups is 1. The Morgan fingerprint density at radius 2 is 2.00 bits per heavy atom. The third kappa shape index (κ3) is 4.55. The largest absolute Gasteiger partial charge is 0.366 e. The van der Waals surface area contributed by atoms with E-state index < -0.39 is 0 Å². The van der Waals surface area contributed by atoms with Gasteiger partial charge in [-0.2, -0.15) is 0 Å². The summed E-state index contributed by atoms with van der Waals surface area (Å²) in [5, 5.41) is 0. The van der Waals surface area contributed by atoms with Gasteiger partial charge in [0.1, 0.15) is 6.10 Å². The van der Waals surface area contributed by atoms with E-state index in [1.165, 1.54) is 12.0 Å². The zero-order valence-electron chi connectivity index (χ0n) is 14.1. The summed E-state index contributed by atoms with van der Waals surface area (Å²) in [6.45, 7) is 7.21. The van der Waals surface area contributed by atoms with Gasteiger partial charge in [-0.15, -0.1) is 0 Å². The monoisotopic (exact) mass is 316 g/mol. The fourth-order valence-electron chi connectivity index (χ4n) is 3.52. The molecule has 0 spiro atoms. The molecule has 4 heteroatoms. The predicted octanol–water partition coefficient (Wildman–Crippen LogP) is 2.54. The number of hydrogen-bond donors (Lipinski definition) is 0. The fraction of sp³-hybridized carbons (Fsp3) is 0.632. The Hall–Kier alpha value is -1.39. The lowest BCUT2D eigenvalue weighted by molar-refractivity contribution is -0.149. The van der Waals surface area contributed by atoms with Crippen molar-refractivity contribution in [1.82, 2.24) is 9.80 Å². The highest BCUT2D eigenvalue weighted by molar-refractivity contribution is 5.81. The lowest BCUT2D eigenvalue weighted by atomic mass is 10.0. The number of likely N-dealkylation sites (tertiary alicyclic amines) is 1. The first-order chi connectivity index (χ1) is 11.2. The molecule has 4 nitrogen and oxygen atoms in total. The predicted molar refractivity (Wildman–Crippen MR) is 91.1 cm³/mol. The Balaban J connectivity index is 1.56. The third-order valence-corrected chi connectivity index (χ3v) is 5.00. The van der Waals surface area contributed by atoms with Crippen molar-refractivity contribution in [2.45, 2.75) is 38.8 Å². The second-order valence-electron chi connectivity index (χ2n) is 6.94. The maximum absolute atomic E-state index is 12.8. The van der Waals surface area contributed by atoms with Crippen LogP contribution in [0.3, 0.4) is 0 Å². The van der Waals surface area contributed by atoms with E-state index in [1.54, 1.807) is 0 Å². The molecule has 2 fully saturated rings. The fourth-order valence-corrected chi connectivity index (χ4v) is 3.52. The molecule has 0 saturated carbocycles. The van der Waals surface area contributed by atoms with Crippen LogP contribution in [0, 0.1) is 5.92 Å². The van der Waals surface area contributed by atoms with Crippen LogP contribution >= 0.6 is 0 Å². The Morgan fingerprint density at radius 3 is 2.83 bits per heavy atom. The van der Waals surface area contributed by atoms with Crippen LogP contribution in [-0.2, 0) is 16.1 Å². The average Bonchev–Trinajstić information content (AvgIpc) is 2.80. The SMILES string of the molecule is CC1CCCN(C(=O)C2CN(Cc3ccccc3)CCO2)CC1. The maximum atomic E-state index is 12.8. The summed E-state index contributed by atoms with van der Waals surface area (Å²) in [7, 11) is 0. The van der Waals surface area contributed by atoms with E-state index in [9.17, 15) is 4.79 Å². The van der Waals surface area contributed by atoms with Crippen molar-refractivity contribution in [2.75, 3.05) is 32.8 Å². The van der Waals surface area contributed by atoms with E-state index in [2.05, 4.69) is 36.1 Å². The van der Waals surface area contributed by atoms with Crippen molar-refractivity contribution in [2.24, 2.45) is 5.92 Å². The standard InChI is InChI=1S/C19H28N2O2/c1-16-6-5-10-21(11-9-16)19(22)18-15-20(12-13-23-18)14-17-7-3-2-4-8-17/h2-4,7-8,16,18H,5-6,9-15H2,1H3. The van der Waals surface area contributed by atoms with Crippen molar-refractivity contribution < 1.29 is 9.53 Å². The van der Waals surface area contributed by atoms with Crippen LogP contribution in [0.2, 0.25) is 0 Å². The topological polar surface area (TPSA) is 32.8 Å². The summed E-state index contributed by atoms with van der Waals surface area (Å²) in [4.78, 5) is 17.1. The van der Waals surface area contributed by atoms with Crippen LogP contribution in [0.1, 0.15) is 31.7 Å². The van der Waals surface area contributed by atoms with Gasteiger partial charge in [-0.3, -0.25) is 9.69 Å². The smallest absolute Gasteiger partial charge is 0.253 e. The summed E-state index contributed by atoms with van der Waals surface area (Å²) in [6.07, 6.45) is 3.18. The molecule has 2 atom stereocenters. The molecule has 0 N–H and O–H groups in total. The summed E-state index contributed by atoms with van der Waals surface area (Å²) in [5.74, 6) is 0.923. The lowest BCUT2D eigenvalue weighted by Crippen LogP contribution is -2.51. The molecule has 126 valence electrons. The minimum absolute atomic E-state index is 0.192. The molecule has 2 aliphatic rings. The van der Waals surface area contributed by atoms with Gasteiger partial charge in [-0.25, -0.2) is 0 Å². The minimum atomic E-state index is -0.291. The second kappa shape index (κ2) is 7.93. The molecule has 23 heavy (non-hydrogen) atoms. The van der Waals surface area contributed by atoms with E-state index in [4.69, 9.17) is 4.74 Å². The minimum Gasteiger partial charge on any atom is -0.366 e. The maximum Gasteiger partial charge on any atom is 0.253 e. The van der Waals surface area contributed by atoms with E-state index in [-0.39, 0.29) is 12.0 Å². The van der Waals surface area contributed by atoms with Crippen molar-refractivity contribution >= 4 is 5.91 Å². The van der Waals surface area contributed by atoms with Crippen LogP contribution < -0.4 is 0 Å². The van der Waals surface area contributed by atoms with Crippen LogP contribution in [0.15, 0.2) is 30.3 Å². The Kier molecular flexibility index (Phi) is 5.68. The van der Waals surface area contributed by atoms with E-state index in [1.807, 2.05) is 11.0 Å². The van der Waals surface area contributed by atoms with Crippen LogP contribution in [0.5, 0.6) is 0 Å². The van der Waals surface area contributed by atoms with Crippen molar-refractivity contribution in [3.63, 3.8) is 0 Å². The Bertz CT molecular complexity index is 505. The molecule has 3 rings (SSSR count). The number of morpholine rings is 1. The highest BCUT2D eigenvalue weighted by atomic mass is 16.5. The summed E-state index contributed by atoms with van der Waals surface area (Å²) >= 11 is 0. The van der Waals surface area contributed by atoms with Crippen LogP contribution in [0.25, 0.3) is 0 Å². The van der Waals surface area contributed by atoms with Gasteiger partial charge < -0.3 is 9.64 Å². The molecule has 2 unspecified atom stereocenters. The molecule has 2 saturated heterocycles. The molecule has 1 aromatic carbocycles. The quantitative estimate of drug-likeness (QED) is 0.859. The van der Waals surface area contributed by atoms with Gasteiger partial charge in [-0.1, -0.05) is 37.3 Å². The molecule has 0 bridgehead atoms. The van der Waals surface area contributed by atoms with E-state index >= 15 is 0 Å². The van der Waals surface area contributed by atoms with Gasteiger partial charge in [0.2, 0.25) is 0 Å². The molecular weight excluding hydrogens is 288 g/mol. The van der Waals surface area contributed by atoms with Crippen molar-refractivity contribution in [1.29, 1.82) is 0 Å². The molecule has 0 aliphatic carbocycles. The summed E-state index contributed by atoms with van der Waals surface area (Å²) < 4.78 is 5.80. The highest BCUT2D eigenvalue weighted by Crippen LogP contribution is 2.19. The zero-order valence-corrected chi connectivity index (χ0v) is 14.1. The zero-order chi connectivity index (χ0) is 16.1. The summed E-state index contributed by atoms with van der Waals surface area (Å²) in [6, 6.07) is 10.5. The first kappa shape index (κ1) is 16.5. The molecule has 1 aromatic rings. The number of rotatable bonds is 3. The number of carbonyl (C=O) groups excluding carboxylic acids is 1. The van der Waals surface area contributed by atoms with Crippen LogP contribution in [-0.4, -0.2) is 54.6 Å². The first-order valence-corrected chi connectivity index (χ1v) is 8.89. The lowest BCUT2D eigenvalue weighted by Gasteiger charge is -2.34. The number of ether oxygens (including phenoxy) is 1. The highest BCUT2D eigenvalue weighted by Gasteiger charge is 2.30. The van der Waals surface area contributed by atoms with E-state index in [0.29, 0.717) is 13.2 Å². The number of nitrogens with zero attached hydrogens (tertiary/aromatic N) is 2. The Morgan fingerprint density at radius 1 is 1.17 bits per heavy atom. The Labute approximate surface area is 139 Å². The first-order valence-electron chi connectivity index (χ1n) is 8.89. The summed E-state index contributed by atoms with van der Waals surface area (Å²) in [5.41, 5.74) is 1.30. The normalized spacial score (nSPS) is 26.7. The molecule has 0 aromatic heterocycles. The molecule has 2 aliphatic heterocycles. The number of amides is 1. The number of benzene rings is 1. The van der Waals surface area contributed by atoms with Gasteiger partial charge in [0.25, 0.3) is 5.91 Å². The second-order valence-corrected chi connectivity index (χ2v) is 6.94. The molecule has 2 heterocycles. The van der Waals surface area contributed by atoms with Gasteiger partial charge in [0.15, 0.2) is 0 Å². The van der Waals surface area contributed by atoms with Crippen molar-refractivity contribution in [3.8, 4) is 0 Å². The van der Waals surface area contributed by atoms with E-state index in [0.717, 1.165) is 44.9 Å².